The Bertz CT molecular complexity index is 1120. The maximum Gasteiger partial charge on any atom is 0.373 e. The summed E-state index contributed by atoms with van der Waals surface area (Å²) in [5, 5.41) is 36.6. The van der Waals surface area contributed by atoms with Gasteiger partial charge in [-0.25, -0.2) is 4.79 Å². The van der Waals surface area contributed by atoms with Gasteiger partial charge in [0.1, 0.15) is 12.3 Å². The number of aliphatic carboxylic acids is 2. The maximum atomic E-state index is 10.0. The number of carbonyl (C=O) groups is 2. The van der Waals surface area contributed by atoms with Crippen molar-refractivity contribution >= 4 is 18.1 Å². The van der Waals surface area contributed by atoms with Gasteiger partial charge in [0, 0.05) is 12.4 Å². The molecule has 4 N–H and O–H groups in total. The van der Waals surface area contributed by atoms with Crippen LogP contribution in [0.1, 0.15) is 69.9 Å². The van der Waals surface area contributed by atoms with Crippen molar-refractivity contribution in [3.05, 3.63) is 41.0 Å². The number of rotatable bonds is 8. The Morgan fingerprint density at radius 2 is 1.93 bits per heavy atom. The van der Waals surface area contributed by atoms with Gasteiger partial charge in [-0.05, 0) is 91.4 Å². The van der Waals surface area contributed by atoms with Crippen LogP contribution in [-0.4, -0.2) is 72.9 Å². The summed E-state index contributed by atoms with van der Waals surface area (Å²) < 4.78 is 5.90. The molecule has 0 bridgehead atoms. The Morgan fingerprint density at radius 3 is 2.49 bits per heavy atom. The second-order valence-electron chi connectivity index (χ2n) is 12.3. The molecule has 0 saturated heterocycles. The van der Waals surface area contributed by atoms with E-state index in [0.29, 0.717) is 23.0 Å². The molecule has 4 rings (SSSR count). The Labute approximate surface area is 242 Å². The van der Waals surface area contributed by atoms with Gasteiger partial charge in [0.25, 0.3) is 0 Å². The highest BCUT2D eigenvalue weighted by molar-refractivity contribution is 5.82. The quantitative estimate of drug-likeness (QED) is 0.261. The van der Waals surface area contributed by atoms with Crippen molar-refractivity contribution in [2.45, 2.75) is 70.8 Å². The summed E-state index contributed by atoms with van der Waals surface area (Å²) in [6.07, 6.45) is 8.05. The SMILES string of the molecule is CC(O)(CC(=O)[O-])C(=O)O.C[C@@H]1Cc2cc(O)ccc2C2CC[C@]3(C)/C(=C/COCC[NH+](C)C)CCC3C21.O=C=O. The lowest BCUT2D eigenvalue weighted by Gasteiger charge is -2.52. The third-order valence-electron chi connectivity index (χ3n) is 9.05. The molecule has 2 fully saturated rings. The summed E-state index contributed by atoms with van der Waals surface area (Å²) in [5.74, 6) is 0.204. The number of phenols is 1. The number of carboxylic acids is 2. The normalized spacial score (nSPS) is 28.4. The number of allylic oxidation sites excluding steroid dienone is 1. The van der Waals surface area contributed by atoms with E-state index in [4.69, 9.17) is 24.5 Å². The summed E-state index contributed by atoms with van der Waals surface area (Å²) >= 11 is 0. The zero-order valence-electron chi connectivity index (χ0n) is 24.8. The minimum absolute atomic E-state index is 0.250. The monoisotopic (exact) mass is 575 g/mol. The molecule has 228 valence electrons. The van der Waals surface area contributed by atoms with E-state index in [2.05, 4.69) is 40.1 Å². The molecule has 6 atom stereocenters. The van der Waals surface area contributed by atoms with Crippen LogP contribution in [0, 0.1) is 23.2 Å². The Hall–Kier alpha value is -3.04. The topological polar surface area (TPSA) is 166 Å². The van der Waals surface area contributed by atoms with E-state index in [-0.39, 0.29) is 6.15 Å². The number of carbonyl (C=O) groups excluding carboxylic acids is 3. The molecule has 0 radical (unpaired) electrons. The molecular weight excluding hydrogens is 530 g/mol. The molecule has 10 nitrogen and oxygen atoms in total. The van der Waals surface area contributed by atoms with Crippen LogP contribution >= 0.6 is 0 Å². The van der Waals surface area contributed by atoms with Gasteiger partial charge >= 0.3 is 12.1 Å². The zero-order valence-corrected chi connectivity index (χ0v) is 24.8. The molecule has 0 heterocycles. The first-order valence-electron chi connectivity index (χ1n) is 14.2. The van der Waals surface area contributed by atoms with E-state index in [1.807, 2.05) is 12.1 Å². The Kier molecular flexibility index (Phi) is 12.3. The molecule has 41 heavy (non-hydrogen) atoms. The molecule has 0 aliphatic heterocycles. The number of nitrogens with one attached hydrogen (secondary N) is 1. The minimum atomic E-state index is -2.22. The fourth-order valence-electron chi connectivity index (χ4n) is 7.03. The van der Waals surface area contributed by atoms with Gasteiger partial charge in [0.05, 0.1) is 27.3 Å². The number of hydrogen-bond acceptors (Lipinski definition) is 8. The molecule has 3 aliphatic rings. The maximum absolute atomic E-state index is 10.0. The summed E-state index contributed by atoms with van der Waals surface area (Å²) in [7, 11) is 4.35. The van der Waals surface area contributed by atoms with Gasteiger partial charge in [-0.1, -0.05) is 31.6 Å². The molecule has 0 amide bonds. The van der Waals surface area contributed by atoms with Crippen LogP contribution in [0.3, 0.4) is 0 Å². The number of phenolic OH excluding ortho intramolecular Hbond substituents is 1. The molecule has 3 aliphatic carbocycles. The highest BCUT2D eigenvalue weighted by Crippen LogP contribution is 2.63. The summed E-state index contributed by atoms with van der Waals surface area (Å²) in [6, 6.07) is 6.12. The number of hydrogen-bond donors (Lipinski definition) is 4. The van der Waals surface area contributed by atoms with Gasteiger partial charge in [0.2, 0.25) is 0 Å². The molecule has 2 saturated carbocycles. The molecule has 10 heteroatoms. The van der Waals surface area contributed by atoms with E-state index >= 15 is 0 Å². The van der Waals surface area contributed by atoms with Gasteiger partial charge < -0.3 is 34.9 Å². The van der Waals surface area contributed by atoms with Crippen molar-refractivity contribution < 1.29 is 49.2 Å². The van der Waals surface area contributed by atoms with Crippen molar-refractivity contribution in [2.24, 2.45) is 23.2 Å². The van der Waals surface area contributed by atoms with E-state index in [1.165, 1.54) is 41.7 Å². The third kappa shape index (κ3) is 8.72. The van der Waals surface area contributed by atoms with Crippen molar-refractivity contribution in [1.82, 2.24) is 0 Å². The number of benzene rings is 1. The average Bonchev–Trinajstić information content (AvgIpc) is 3.19. The van der Waals surface area contributed by atoms with E-state index in [1.54, 1.807) is 5.57 Å². The zero-order chi connectivity index (χ0) is 31.0. The first-order chi connectivity index (χ1) is 19.2. The van der Waals surface area contributed by atoms with Crippen LogP contribution in [0.2, 0.25) is 0 Å². The first kappa shape index (κ1) is 34.2. The standard InChI is InChI=1S/C25H37NO2.C5H8O5.CO2/c1-17-15-18-16-20(27)6-7-21(18)22-9-11-25(2)19(5-8-23(25)24(17)22)10-13-28-14-12-26(3)4;1-5(10,4(8)9)2-3(6)7;2-1-3/h6-7,10,16-17,22-24,27H,5,8-9,11-15H2,1-4H3;10H,2H2,1H3,(H,6,7)(H,8,9);/b19-10+;;/t17-,22?,23?,24?,25-;;/m1../s1. The van der Waals surface area contributed by atoms with Crippen molar-refractivity contribution in [2.75, 3.05) is 33.9 Å². The molecule has 1 aromatic rings. The van der Waals surface area contributed by atoms with Crippen LogP contribution in [0.4, 0.5) is 0 Å². The smallest absolute Gasteiger partial charge is 0.373 e. The molecule has 4 unspecified atom stereocenters. The molecule has 0 spiro atoms. The number of ether oxygens (including phenoxy) is 1. The number of likely N-dealkylation sites (N-methyl/N-ethyl adjacent to an activating group) is 1. The number of aliphatic hydroxyl groups is 1. The fraction of sp³-hybridized carbons (Fsp3) is 0.645. The summed E-state index contributed by atoms with van der Waals surface area (Å²) in [5.41, 5.74) is 2.72. The molecule has 0 aromatic heterocycles. The highest BCUT2D eigenvalue weighted by Gasteiger charge is 2.54. The molecular formula is C31H45NO9. The number of fused-ring (bicyclic) bond motifs is 5. The van der Waals surface area contributed by atoms with Crippen LogP contribution in [0.25, 0.3) is 0 Å². The van der Waals surface area contributed by atoms with Gasteiger partial charge in [0.15, 0.2) is 5.60 Å². The van der Waals surface area contributed by atoms with E-state index < -0.39 is 24.0 Å². The number of quaternary nitrogens is 1. The number of carboxylic acid groups (broad SMARTS) is 2. The van der Waals surface area contributed by atoms with Crippen molar-refractivity contribution in [3.8, 4) is 5.75 Å². The lowest BCUT2D eigenvalue weighted by atomic mass is 9.52. The number of aromatic hydroxyl groups is 1. The third-order valence-corrected chi connectivity index (χ3v) is 9.05. The van der Waals surface area contributed by atoms with Crippen LogP contribution in [0.5, 0.6) is 5.75 Å². The van der Waals surface area contributed by atoms with Crippen LogP contribution in [0.15, 0.2) is 29.8 Å². The highest BCUT2D eigenvalue weighted by atomic mass is 16.5. The van der Waals surface area contributed by atoms with Crippen LogP contribution < -0.4 is 10.0 Å². The molecule has 1 aromatic carbocycles. The van der Waals surface area contributed by atoms with E-state index in [0.717, 1.165) is 44.9 Å². The van der Waals surface area contributed by atoms with E-state index in [9.17, 15) is 19.8 Å². The predicted molar refractivity (Wildman–Crippen MR) is 147 cm³/mol. The van der Waals surface area contributed by atoms with Crippen molar-refractivity contribution in [3.63, 3.8) is 0 Å². The van der Waals surface area contributed by atoms with Gasteiger partial charge in [-0.15, -0.1) is 0 Å². The second-order valence-corrected chi connectivity index (χ2v) is 12.3. The lowest BCUT2D eigenvalue weighted by molar-refractivity contribution is -0.858. The second kappa shape index (κ2) is 14.7. The first-order valence-corrected chi connectivity index (χ1v) is 14.2. The van der Waals surface area contributed by atoms with Gasteiger partial charge in [-0.2, -0.15) is 9.59 Å². The fourth-order valence-corrected chi connectivity index (χ4v) is 7.03. The lowest BCUT2D eigenvalue weighted by Crippen LogP contribution is -3.06. The Morgan fingerprint density at radius 1 is 1.27 bits per heavy atom. The van der Waals surface area contributed by atoms with Gasteiger partial charge in [-0.3, -0.25) is 0 Å². The average molecular weight is 576 g/mol. The Balaban J connectivity index is 0.000000382. The van der Waals surface area contributed by atoms with Crippen LogP contribution in [-0.2, 0) is 30.3 Å². The predicted octanol–water partition coefficient (Wildman–Crippen LogP) is 0.960. The summed E-state index contributed by atoms with van der Waals surface area (Å²) in [6.45, 7) is 8.57. The summed E-state index contributed by atoms with van der Waals surface area (Å²) in [4.78, 5) is 37.5. The largest absolute Gasteiger partial charge is 0.550 e. The van der Waals surface area contributed by atoms with Crippen molar-refractivity contribution in [1.29, 1.82) is 0 Å². The minimum Gasteiger partial charge on any atom is -0.550 e.